The van der Waals surface area contributed by atoms with Crippen molar-refractivity contribution in [2.45, 2.75) is 12.8 Å². The van der Waals surface area contributed by atoms with E-state index in [0.717, 1.165) is 12.8 Å². The molecule has 2 rings (SSSR count). The van der Waals surface area contributed by atoms with E-state index < -0.39 is 5.97 Å². The van der Waals surface area contributed by atoms with Crippen LogP contribution in [0.4, 0.5) is 5.69 Å². The van der Waals surface area contributed by atoms with Crippen molar-refractivity contribution in [3.8, 4) is 0 Å². The number of amides is 1. The lowest BCUT2D eigenvalue weighted by Crippen LogP contribution is -2.16. The Balaban J connectivity index is 2.28. The Hall–Kier alpha value is -1.55. The lowest BCUT2D eigenvalue weighted by molar-refractivity contribution is -0.117. The van der Waals surface area contributed by atoms with Crippen LogP contribution in [0.25, 0.3) is 0 Å². The third-order valence-corrected chi connectivity index (χ3v) is 2.92. The topological polar surface area (TPSA) is 55.4 Å². The van der Waals surface area contributed by atoms with Crippen molar-refractivity contribution in [1.29, 1.82) is 0 Å². The fourth-order valence-corrected chi connectivity index (χ4v) is 1.77. The number of carbonyl (C=O) groups is 2. The number of esters is 1. The maximum Gasteiger partial charge on any atom is 0.341 e. The minimum atomic E-state index is -0.554. The van der Waals surface area contributed by atoms with Gasteiger partial charge in [0, 0.05) is 5.92 Å². The van der Waals surface area contributed by atoms with E-state index in [1.165, 1.54) is 7.11 Å². The molecule has 1 aromatic carbocycles. The zero-order valence-electron chi connectivity index (χ0n) is 9.33. The van der Waals surface area contributed by atoms with E-state index in [1.807, 2.05) is 0 Å². The third-order valence-electron chi connectivity index (χ3n) is 2.61. The molecule has 0 unspecified atom stereocenters. The molecule has 5 heteroatoms. The van der Waals surface area contributed by atoms with Gasteiger partial charge in [-0.15, -0.1) is 0 Å². The highest BCUT2D eigenvalue weighted by Crippen LogP contribution is 2.32. The van der Waals surface area contributed by atoms with E-state index in [1.54, 1.807) is 18.2 Å². The zero-order chi connectivity index (χ0) is 12.4. The molecule has 0 atom stereocenters. The Morgan fingerprint density at radius 1 is 1.41 bits per heavy atom. The van der Waals surface area contributed by atoms with Gasteiger partial charge in [-0.25, -0.2) is 4.79 Å². The summed E-state index contributed by atoms with van der Waals surface area (Å²) in [6, 6.07) is 4.90. The van der Waals surface area contributed by atoms with Gasteiger partial charge in [0.2, 0.25) is 5.91 Å². The van der Waals surface area contributed by atoms with Gasteiger partial charge in [-0.3, -0.25) is 4.79 Å². The second-order valence-corrected chi connectivity index (χ2v) is 4.32. The standard InChI is InChI=1S/C12H12ClNO3/c1-17-12(16)10-8(13)3-2-4-9(10)14-11(15)7-5-6-7/h2-4,7H,5-6H2,1H3,(H,14,15). The van der Waals surface area contributed by atoms with Crippen LogP contribution < -0.4 is 5.32 Å². The maximum absolute atomic E-state index is 11.6. The first-order valence-electron chi connectivity index (χ1n) is 5.31. The predicted molar refractivity (Wildman–Crippen MR) is 64.1 cm³/mol. The van der Waals surface area contributed by atoms with Gasteiger partial charge >= 0.3 is 5.97 Å². The second kappa shape index (κ2) is 4.75. The number of halogens is 1. The van der Waals surface area contributed by atoms with Gasteiger partial charge in [-0.2, -0.15) is 0 Å². The smallest absolute Gasteiger partial charge is 0.341 e. The molecule has 1 N–H and O–H groups in total. The van der Waals surface area contributed by atoms with Crippen LogP contribution >= 0.6 is 11.6 Å². The number of rotatable bonds is 3. The minimum absolute atomic E-state index is 0.0690. The van der Waals surface area contributed by atoms with Gasteiger partial charge in [-0.05, 0) is 25.0 Å². The molecule has 0 heterocycles. The van der Waals surface area contributed by atoms with Crippen LogP contribution in [0.3, 0.4) is 0 Å². The lowest BCUT2D eigenvalue weighted by Gasteiger charge is -2.10. The Morgan fingerprint density at radius 3 is 2.71 bits per heavy atom. The van der Waals surface area contributed by atoms with Crippen molar-refractivity contribution in [3.05, 3.63) is 28.8 Å². The Kier molecular flexibility index (Phi) is 3.33. The molecule has 17 heavy (non-hydrogen) atoms. The molecule has 0 aliphatic heterocycles. The van der Waals surface area contributed by atoms with Crippen molar-refractivity contribution in [3.63, 3.8) is 0 Å². The maximum atomic E-state index is 11.6. The summed E-state index contributed by atoms with van der Waals surface area (Å²) < 4.78 is 4.64. The molecule has 1 fully saturated rings. The van der Waals surface area contributed by atoms with E-state index in [2.05, 4.69) is 10.1 Å². The number of ether oxygens (including phenoxy) is 1. The van der Waals surface area contributed by atoms with Gasteiger partial charge in [0.1, 0.15) is 5.56 Å². The highest BCUT2D eigenvalue weighted by atomic mass is 35.5. The zero-order valence-corrected chi connectivity index (χ0v) is 10.1. The summed E-state index contributed by atoms with van der Waals surface area (Å²) in [6.45, 7) is 0. The number of hydrogen-bond donors (Lipinski definition) is 1. The molecule has 1 amide bonds. The van der Waals surface area contributed by atoms with Gasteiger partial charge in [-0.1, -0.05) is 17.7 Å². The molecular formula is C12H12ClNO3. The molecule has 0 spiro atoms. The lowest BCUT2D eigenvalue weighted by atomic mass is 10.1. The van der Waals surface area contributed by atoms with Crippen molar-refractivity contribution in [2.24, 2.45) is 5.92 Å². The Morgan fingerprint density at radius 2 is 2.12 bits per heavy atom. The van der Waals surface area contributed by atoms with Crippen LogP contribution in [0, 0.1) is 5.92 Å². The average molecular weight is 254 g/mol. The van der Waals surface area contributed by atoms with Crippen LogP contribution in [-0.2, 0) is 9.53 Å². The number of methoxy groups -OCH3 is 1. The summed E-state index contributed by atoms with van der Waals surface area (Å²) in [5.74, 6) is -0.557. The molecule has 1 aliphatic rings. The van der Waals surface area contributed by atoms with Crippen molar-refractivity contribution < 1.29 is 14.3 Å². The first kappa shape index (κ1) is 11.9. The first-order valence-corrected chi connectivity index (χ1v) is 5.69. The van der Waals surface area contributed by atoms with Crippen LogP contribution in [0.1, 0.15) is 23.2 Å². The molecule has 90 valence electrons. The number of anilines is 1. The molecule has 1 saturated carbocycles. The van der Waals surface area contributed by atoms with Crippen LogP contribution in [0.2, 0.25) is 5.02 Å². The molecule has 0 aromatic heterocycles. The largest absolute Gasteiger partial charge is 0.465 e. The quantitative estimate of drug-likeness (QED) is 0.842. The summed E-state index contributed by atoms with van der Waals surface area (Å²) in [7, 11) is 1.28. The normalized spacial score (nSPS) is 14.2. The predicted octanol–water partition coefficient (Wildman–Crippen LogP) is 2.48. The van der Waals surface area contributed by atoms with Gasteiger partial charge in [0.15, 0.2) is 0 Å². The summed E-state index contributed by atoms with van der Waals surface area (Å²) >= 11 is 5.93. The van der Waals surface area contributed by atoms with E-state index in [-0.39, 0.29) is 22.4 Å². The second-order valence-electron chi connectivity index (χ2n) is 3.92. The first-order chi connectivity index (χ1) is 8.13. The van der Waals surface area contributed by atoms with Gasteiger partial charge in [0.25, 0.3) is 0 Å². The Labute approximate surface area is 104 Å². The van der Waals surface area contributed by atoms with E-state index in [0.29, 0.717) is 5.69 Å². The monoisotopic (exact) mass is 253 g/mol. The number of nitrogens with one attached hydrogen (secondary N) is 1. The molecule has 1 aromatic rings. The van der Waals surface area contributed by atoms with E-state index in [9.17, 15) is 9.59 Å². The van der Waals surface area contributed by atoms with E-state index in [4.69, 9.17) is 11.6 Å². The fraction of sp³-hybridized carbons (Fsp3) is 0.333. The third kappa shape index (κ3) is 2.58. The summed E-state index contributed by atoms with van der Waals surface area (Å²) in [5, 5.41) is 2.97. The minimum Gasteiger partial charge on any atom is -0.465 e. The molecule has 1 aliphatic carbocycles. The molecule has 0 radical (unpaired) electrons. The van der Waals surface area contributed by atoms with Crippen LogP contribution in [0.15, 0.2) is 18.2 Å². The molecule has 0 bridgehead atoms. The summed E-state index contributed by atoms with van der Waals surface area (Å²) in [5.41, 5.74) is 0.604. The summed E-state index contributed by atoms with van der Waals surface area (Å²) in [4.78, 5) is 23.2. The highest BCUT2D eigenvalue weighted by Gasteiger charge is 2.30. The van der Waals surface area contributed by atoms with Crippen molar-refractivity contribution in [1.82, 2.24) is 0 Å². The number of carbonyl (C=O) groups excluding carboxylic acids is 2. The van der Waals surface area contributed by atoms with Crippen LogP contribution in [0.5, 0.6) is 0 Å². The summed E-state index contributed by atoms with van der Waals surface area (Å²) in [6.07, 6.45) is 1.81. The van der Waals surface area contributed by atoms with E-state index >= 15 is 0 Å². The highest BCUT2D eigenvalue weighted by molar-refractivity contribution is 6.34. The van der Waals surface area contributed by atoms with Crippen molar-refractivity contribution in [2.75, 3.05) is 12.4 Å². The van der Waals surface area contributed by atoms with Gasteiger partial charge in [0.05, 0.1) is 17.8 Å². The Bertz CT molecular complexity index is 469. The number of benzene rings is 1. The van der Waals surface area contributed by atoms with Crippen molar-refractivity contribution >= 4 is 29.2 Å². The fourth-order valence-electron chi connectivity index (χ4n) is 1.52. The van der Waals surface area contributed by atoms with Crippen LogP contribution in [-0.4, -0.2) is 19.0 Å². The van der Waals surface area contributed by atoms with Gasteiger partial charge < -0.3 is 10.1 Å². The average Bonchev–Trinajstić information content (AvgIpc) is 3.12. The number of hydrogen-bond acceptors (Lipinski definition) is 3. The molecule has 0 saturated heterocycles. The molecule has 4 nitrogen and oxygen atoms in total. The molecular weight excluding hydrogens is 242 g/mol. The SMILES string of the molecule is COC(=O)c1c(Cl)cccc1NC(=O)C1CC1.